The number of hydrogen-bond acceptors (Lipinski definition) is 2. The van der Waals surface area contributed by atoms with Crippen molar-refractivity contribution >= 4 is 5.97 Å². The standard InChI is InChI=1S/C7H7F5O2/c1-2-3-5(13)14-4-6(8,9)7(10,11)12/h2-3H,4H2,1H3. The molecular weight excluding hydrogens is 211 g/mol. The van der Waals surface area contributed by atoms with Gasteiger partial charge in [-0.15, -0.1) is 0 Å². The molecule has 0 aliphatic rings. The third kappa shape index (κ3) is 3.71. The van der Waals surface area contributed by atoms with E-state index < -0.39 is 24.7 Å². The minimum absolute atomic E-state index is 0.743. The molecule has 0 aromatic heterocycles. The third-order valence-corrected chi connectivity index (χ3v) is 1.11. The van der Waals surface area contributed by atoms with Crippen molar-refractivity contribution in [3.8, 4) is 0 Å². The molecule has 2 nitrogen and oxygen atoms in total. The van der Waals surface area contributed by atoms with Crippen molar-refractivity contribution in [3.63, 3.8) is 0 Å². The Morgan fingerprint density at radius 2 is 1.79 bits per heavy atom. The van der Waals surface area contributed by atoms with Crippen molar-refractivity contribution in [2.75, 3.05) is 6.61 Å². The maximum atomic E-state index is 12.1. The smallest absolute Gasteiger partial charge is 0.456 e. The molecule has 0 aromatic rings. The van der Waals surface area contributed by atoms with E-state index in [9.17, 15) is 26.7 Å². The molecule has 0 aliphatic carbocycles. The summed E-state index contributed by atoms with van der Waals surface area (Å²) in [6.45, 7) is -0.608. The summed E-state index contributed by atoms with van der Waals surface area (Å²) in [6.07, 6.45) is -3.80. The first-order valence-electron chi connectivity index (χ1n) is 3.44. The number of esters is 1. The van der Waals surface area contributed by atoms with Gasteiger partial charge in [0.2, 0.25) is 0 Å². The van der Waals surface area contributed by atoms with Crippen LogP contribution in [0.15, 0.2) is 12.2 Å². The quantitative estimate of drug-likeness (QED) is 0.412. The molecule has 0 atom stereocenters. The van der Waals surface area contributed by atoms with Gasteiger partial charge in [0, 0.05) is 6.08 Å². The van der Waals surface area contributed by atoms with Gasteiger partial charge < -0.3 is 4.74 Å². The highest BCUT2D eigenvalue weighted by Gasteiger charge is 2.58. The maximum Gasteiger partial charge on any atom is 0.456 e. The number of carbonyl (C=O) groups excluding carboxylic acids is 1. The van der Waals surface area contributed by atoms with Gasteiger partial charge in [-0.1, -0.05) is 6.08 Å². The fourth-order valence-corrected chi connectivity index (χ4v) is 0.428. The van der Waals surface area contributed by atoms with Crippen molar-refractivity contribution in [1.82, 2.24) is 0 Å². The zero-order chi connectivity index (χ0) is 11.4. The van der Waals surface area contributed by atoms with Gasteiger partial charge in [0.15, 0.2) is 6.61 Å². The number of carbonyl (C=O) groups is 1. The number of allylic oxidation sites excluding steroid dienone is 1. The van der Waals surface area contributed by atoms with Crippen LogP contribution in [-0.4, -0.2) is 24.7 Å². The van der Waals surface area contributed by atoms with Gasteiger partial charge in [0.05, 0.1) is 0 Å². The normalized spacial score (nSPS) is 13.3. The van der Waals surface area contributed by atoms with Crippen molar-refractivity contribution in [1.29, 1.82) is 0 Å². The molecule has 0 rings (SSSR count). The second-order valence-corrected chi connectivity index (χ2v) is 2.31. The van der Waals surface area contributed by atoms with E-state index >= 15 is 0 Å². The molecule has 0 aliphatic heterocycles. The van der Waals surface area contributed by atoms with Crippen LogP contribution in [0.3, 0.4) is 0 Å². The van der Waals surface area contributed by atoms with Crippen LogP contribution in [0.4, 0.5) is 22.0 Å². The van der Waals surface area contributed by atoms with Gasteiger partial charge in [0.25, 0.3) is 0 Å². The van der Waals surface area contributed by atoms with Gasteiger partial charge >= 0.3 is 18.1 Å². The summed E-state index contributed by atoms with van der Waals surface area (Å²) >= 11 is 0. The van der Waals surface area contributed by atoms with Gasteiger partial charge in [0.1, 0.15) is 0 Å². The molecule has 0 bridgehead atoms. The first-order chi connectivity index (χ1) is 6.20. The predicted octanol–water partition coefficient (Wildman–Crippen LogP) is 2.30. The molecule has 0 amide bonds. The van der Waals surface area contributed by atoms with Crippen LogP contribution in [0.1, 0.15) is 6.92 Å². The number of ether oxygens (including phenoxy) is 1. The topological polar surface area (TPSA) is 26.3 Å². The Labute approximate surface area is 76.3 Å². The Morgan fingerprint density at radius 3 is 2.14 bits per heavy atom. The first kappa shape index (κ1) is 12.9. The molecule has 0 spiro atoms. The molecule has 0 saturated carbocycles. The molecule has 0 saturated heterocycles. The van der Waals surface area contributed by atoms with Crippen LogP contribution in [0, 0.1) is 0 Å². The predicted molar refractivity (Wildman–Crippen MR) is 36.8 cm³/mol. The summed E-state index contributed by atoms with van der Waals surface area (Å²) in [4.78, 5) is 10.4. The minimum atomic E-state index is -5.71. The lowest BCUT2D eigenvalue weighted by Gasteiger charge is -2.18. The van der Waals surface area contributed by atoms with Crippen LogP contribution in [0.25, 0.3) is 0 Å². The average molecular weight is 218 g/mol. The number of rotatable bonds is 3. The molecule has 0 radical (unpaired) electrons. The minimum Gasteiger partial charge on any atom is -0.456 e. The Morgan fingerprint density at radius 1 is 1.29 bits per heavy atom. The molecule has 0 unspecified atom stereocenters. The lowest BCUT2D eigenvalue weighted by molar-refractivity contribution is -0.293. The molecule has 0 N–H and O–H groups in total. The SMILES string of the molecule is CC=CC(=O)OCC(F)(F)C(F)(F)F. The van der Waals surface area contributed by atoms with Crippen molar-refractivity contribution in [2.45, 2.75) is 19.0 Å². The lowest BCUT2D eigenvalue weighted by Crippen LogP contribution is -2.41. The molecule has 0 fully saturated rings. The Bertz CT molecular complexity index is 231. The van der Waals surface area contributed by atoms with Crippen LogP contribution in [0.5, 0.6) is 0 Å². The first-order valence-corrected chi connectivity index (χ1v) is 3.44. The van der Waals surface area contributed by atoms with E-state index in [2.05, 4.69) is 4.74 Å². The summed E-state index contributed by atoms with van der Waals surface area (Å²) < 4.78 is 62.4. The van der Waals surface area contributed by atoms with E-state index in [4.69, 9.17) is 0 Å². The van der Waals surface area contributed by atoms with Crippen LogP contribution in [0.2, 0.25) is 0 Å². The molecule has 14 heavy (non-hydrogen) atoms. The number of alkyl halides is 5. The van der Waals surface area contributed by atoms with Crippen LogP contribution in [-0.2, 0) is 9.53 Å². The molecule has 0 heterocycles. The molecule has 82 valence electrons. The summed E-state index contributed by atoms with van der Waals surface area (Å²) in [7, 11) is 0. The average Bonchev–Trinajstić information content (AvgIpc) is 1.99. The maximum absolute atomic E-state index is 12.1. The summed E-state index contributed by atoms with van der Waals surface area (Å²) in [5.41, 5.74) is 0. The van der Waals surface area contributed by atoms with Gasteiger partial charge in [-0.3, -0.25) is 0 Å². The van der Waals surface area contributed by atoms with Gasteiger partial charge in [-0.25, -0.2) is 4.79 Å². The van der Waals surface area contributed by atoms with E-state index in [1.165, 1.54) is 6.92 Å². The summed E-state index contributed by atoms with van der Waals surface area (Å²) in [5.74, 6) is -6.25. The number of halogens is 5. The largest absolute Gasteiger partial charge is 0.456 e. The Hall–Kier alpha value is -1.14. The molecular formula is C7H7F5O2. The van der Waals surface area contributed by atoms with Crippen molar-refractivity contribution < 1.29 is 31.5 Å². The zero-order valence-electron chi connectivity index (χ0n) is 7.07. The van der Waals surface area contributed by atoms with Crippen molar-refractivity contribution in [3.05, 3.63) is 12.2 Å². The molecule has 0 aromatic carbocycles. The highest BCUT2D eigenvalue weighted by atomic mass is 19.4. The van der Waals surface area contributed by atoms with Crippen LogP contribution >= 0.6 is 0 Å². The monoisotopic (exact) mass is 218 g/mol. The molecule has 7 heteroatoms. The Balaban J connectivity index is 4.19. The second-order valence-electron chi connectivity index (χ2n) is 2.31. The second kappa shape index (κ2) is 4.39. The van der Waals surface area contributed by atoms with Gasteiger partial charge in [-0.05, 0) is 6.92 Å². The summed E-state index contributed by atoms with van der Waals surface area (Å²) in [5, 5.41) is 0. The highest BCUT2D eigenvalue weighted by Crippen LogP contribution is 2.35. The zero-order valence-corrected chi connectivity index (χ0v) is 7.07. The van der Waals surface area contributed by atoms with Crippen molar-refractivity contribution in [2.24, 2.45) is 0 Å². The number of hydrogen-bond donors (Lipinski definition) is 0. The fourth-order valence-electron chi connectivity index (χ4n) is 0.428. The van der Waals surface area contributed by atoms with E-state index in [0.29, 0.717) is 0 Å². The fraction of sp³-hybridized carbons (Fsp3) is 0.571. The Kier molecular flexibility index (Phi) is 4.03. The summed E-state index contributed by atoms with van der Waals surface area (Å²) in [6, 6.07) is 0. The van der Waals surface area contributed by atoms with Gasteiger partial charge in [-0.2, -0.15) is 22.0 Å². The lowest BCUT2D eigenvalue weighted by atomic mass is 10.3. The van der Waals surface area contributed by atoms with E-state index in [1.807, 2.05) is 0 Å². The van der Waals surface area contributed by atoms with E-state index in [0.717, 1.165) is 12.2 Å². The third-order valence-electron chi connectivity index (χ3n) is 1.11. The van der Waals surface area contributed by atoms with Crippen LogP contribution < -0.4 is 0 Å². The van der Waals surface area contributed by atoms with E-state index in [-0.39, 0.29) is 0 Å². The van der Waals surface area contributed by atoms with E-state index in [1.54, 1.807) is 0 Å². The highest BCUT2D eigenvalue weighted by molar-refractivity contribution is 5.81.